The van der Waals surface area contributed by atoms with Crippen molar-refractivity contribution in [2.45, 2.75) is 30.7 Å². The van der Waals surface area contributed by atoms with Crippen LogP contribution in [0.3, 0.4) is 0 Å². The molecule has 8 heteroatoms. The molecule has 20 heavy (non-hydrogen) atoms. The SMILES string of the molecule is OC[C@H]1O[C@@H](O)[C@H](Oc2cc(O)cc(O)c2)[C@@H](O)[C@H]1O. The van der Waals surface area contributed by atoms with Crippen molar-refractivity contribution in [3.63, 3.8) is 0 Å². The maximum atomic E-state index is 9.86. The molecule has 1 fully saturated rings. The Kier molecular flexibility index (Phi) is 4.31. The molecule has 1 aliphatic heterocycles. The predicted molar refractivity (Wildman–Crippen MR) is 64.2 cm³/mol. The van der Waals surface area contributed by atoms with E-state index in [0.29, 0.717) is 0 Å². The van der Waals surface area contributed by atoms with Gasteiger partial charge in [-0.05, 0) is 0 Å². The zero-order chi connectivity index (χ0) is 14.9. The second-order valence-corrected chi connectivity index (χ2v) is 4.50. The van der Waals surface area contributed by atoms with Gasteiger partial charge in [-0.1, -0.05) is 0 Å². The molecule has 2 rings (SSSR count). The summed E-state index contributed by atoms with van der Waals surface area (Å²) in [5.41, 5.74) is 0. The Morgan fingerprint density at radius 3 is 2.15 bits per heavy atom. The van der Waals surface area contributed by atoms with Crippen LogP contribution in [0, 0.1) is 0 Å². The van der Waals surface area contributed by atoms with Gasteiger partial charge in [0, 0.05) is 18.2 Å². The second-order valence-electron chi connectivity index (χ2n) is 4.50. The Morgan fingerprint density at radius 2 is 1.60 bits per heavy atom. The number of aromatic hydroxyl groups is 2. The van der Waals surface area contributed by atoms with Gasteiger partial charge in [0.1, 0.15) is 35.6 Å². The molecule has 0 saturated carbocycles. The molecule has 8 nitrogen and oxygen atoms in total. The third-order valence-corrected chi connectivity index (χ3v) is 2.99. The lowest BCUT2D eigenvalue weighted by molar-refractivity contribution is -0.280. The number of rotatable bonds is 3. The van der Waals surface area contributed by atoms with Gasteiger partial charge in [0.2, 0.25) is 0 Å². The molecular weight excluding hydrogens is 272 g/mol. The molecule has 0 aliphatic carbocycles. The summed E-state index contributed by atoms with van der Waals surface area (Å²) < 4.78 is 10.1. The lowest BCUT2D eigenvalue weighted by Crippen LogP contribution is -2.60. The molecule has 1 saturated heterocycles. The Balaban J connectivity index is 2.15. The van der Waals surface area contributed by atoms with Crippen molar-refractivity contribution in [1.82, 2.24) is 0 Å². The highest BCUT2D eigenvalue weighted by Crippen LogP contribution is 2.29. The first-order chi connectivity index (χ1) is 9.42. The molecule has 1 aliphatic rings. The summed E-state index contributed by atoms with van der Waals surface area (Å²) in [4.78, 5) is 0. The van der Waals surface area contributed by atoms with E-state index in [2.05, 4.69) is 0 Å². The minimum absolute atomic E-state index is 0.0242. The molecule has 6 N–H and O–H groups in total. The molecule has 0 aromatic heterocycles. The van der Waals surface area contributed by atoms with Crippen LogP contribution in [-0.4, -0.2) is 68.0 Å². The third kappa shape index (κ3) is 2.94. The number of aliphatic hydroxyl groups excluding tert-OH is 4. The minimum Gasteiger partial charge on any atom is -0.508 e. The average Bonchev–Trinajstić information content (AvgIpc) is 2.38. The maximum absolute atomic E-state index is 9.86. The first-order valence-electron chi connectivity index (χ1n) is 5.92. The quantitative estimate of drug-likeness (QED) is 0.386. The van der Waals surface area contributed by atoms with Gasteiger partial charge < -0.3 is 40.1 Å². The average molecular weight is 288 g/mol. The first-order valence-corrected chi connectivity index (χ1v) is 5.92. The highest BCUT2D eigenvalue weighted by molar-refractivity contribution is 5.40. The van der Waals surface area contributed by atoms with Crippen LogP contribution in [0.25, 0.3) is 0 Å². The lowest BCUT2D eigenvalue weighted by atomic mass is 9.99. The summed E-state index contributed by atoms with van der Waals surface area (Å²) in [6, 6.07) is 3.39. The fourth-order valence-electron chi connectivity index (χ4n) is 1.99. The van der Waals surface area contributed by atoms with Crippen LogP contribution in [0.15, 0.2) is 18.2 Å². The number of aliphatic hydroxyl groups is 4. The standard InChI is InChI=1S/C12H16O8/c13-4-8-9(16)10(17)11(12(18)20-8)19-7-2-5(14)1-6(15)3-7/h1-3,8-18H,4H2/t8-,9+,10+,11-,12-/m1/s1. The number of phenolic OH excluding ortho intramolecular Hbond substituents is 2. The molecule has 5 atom stereocenters. The van der Waals surface area contributed by atoms with Gasteiger partial charge in [0.15, 0.2) is 12.4 Å². The Bertz CT molecular complexity index is 445. The third-order valence-electron chi connectivity index (χ3n) is 2.99. The summed E-state index contributed by atoms with van der Waals surface area (Å²) in [5.74, 6) is -0.562. The molecule has 0 bridgehead atoms. The summed E-state index contributed by atoms with van der Waals surface area (Å²) in [5, 5.41) is 56.8. The largest absolute Gasteiger partial charge is 0.508 e. The van der Waals surface area contributed by atoms with E-state index in [4.69, 9.17) is 14.6 Å². The number of phenols is 2. The van der Waals surface area contributed by atoms with Crippen molar-refractivity contribution in [2.75, 3.05) is 6.61 Å². The lowest BCUT2D eigenvalue weighted by Gasteiger charge is -2.39. The monoisotopic (exact) mass is 288 g/mol. The normalized spacial score (nSPS) is 33.9. The van der Waals surface area contributed by atoms with Crippen LogP contribution < -0.4 is 4.74 Å². The number of hydrogen-bond donors (Lipinski definition) is 6. The molecule has 0 unspecified atom stereocenters. The Labute approximate surface area is 114 Å². The second kappa shape index (κ2) is 5.81. The van der Waals surface area contributed by atoms with Gasteiger partial charge in [0.05, 0.1) is 6.61 Å². The van der Waals surface area contributed by atoms with Gasteiger partial charge in [-0.3, -0.25) is 0 Å². The number of ether oxygens (including phenoxy) is 2. The summed E-state index contributed by atoms with van der Waals surface area (Å²) in [6.07, 6.45) is -7.01. The van der Waals surface area contributed by atoms with E-state index in [-0.39, 0.29) is 17.2 Å². The molecule has 1 heterocycles. The summed E-state index contributed by atoms with van der Waals surface area (Å²) in [6.45, 7) is -0.574. The molecule has 0 spiro atoms. The fraction of sp³-hybridized carbons (Fsp3) is 0.500. The van der Waals surface area contributed by atoms with Crippen molar-refractivity contribution < 1.29 is 40.1 Å². The molecule has 0 amide bonds. The molecule has 1 aromatic rings. The van der Waals surface area contributed by atoms with E-state index in [9.17, 15) is 25.5 Å². The van der Waals surface area contributed by atoms with Crippen LogP contribution in [0.1, 0.15) is 0 Å². The van der Waals surface area contributed by atoms with Gasteiger partial charge in [0.25, 0.3) is 0 Å². The molecular formula is C12H16O8. The highest BCUT2D eigenvalue weighted by atomic mass is 16.7. The van der Waals surface area contributed by atoms with Gasteiger partial charge in [-0.15, -0.1) is 0 Å². The Morgan fingerprint density at radius 1 is 1.00 bits per heavy atom. The van der Waals surface area contributed by atoms with E-state index in [1.165, 1.54) is 0 Å². The predicted octanol–water partition coefficient (Wildman–Crippen LogP) is -1.72. The van der Waals surface area contributed by atoms with Crippen molar-refractivity contribution in [2.24, 2.45) is 0 Å². The van der Waals surface area contributed by atoms with E-state index in [1.54, 1.807) is 0 Å². The van der Waals surface area contributed by atoms with Gasteiger partial charge in [-0.25, -0.2) is 0 Å². The zero-order valence-electron chi connectivity index (χ0n) is 10.3. The van der Waals surface area contributed by atoms with Crippen molar-refractivity contribution in [3.8, 4) is 17.2 Å². The molecule has 0 radical (unpaired) electrons. The summed E-state index contributed by atoms with van der Waals surface area (Å²) in [7, 11) is 0. The van der Waals surface area contributed by atoms with Crippen LogP contribution >= 0.6 is 0 Å². The number of hydrogen-bond acceptors (Lipinski definition) is 8. The summed E-state index contributed by atoms with van der Waals surface area (Å²) >= 11 is 0. The van der Waals surface area contributed by atoms with Crippen molar-refractivity contribution in [3.05, 3.63) is 18.2 Å². The van der Waals surface area contributed by atoms with Crippen LogP contribution in [0.4, 0.5) is 0 Å². The number of benzene rings is 1. The smallest absolute Gasteiger partial charge is 0.195 e. The van der Waals surface area contributed by atoms with Crippen LogP contribution in [0.5, 0.6) is 17.2 Å². The van der Waals surface area contributed by atoms with E-state index >= 15 is 0 Å². The van der Waals surface area contributed by atoms with Crippen molar-refractivity contribution >= 4 is 0 Å². The van der Waals surface area contributed by atoms with E-state index < -0.39 is 37.3 Å². The maximum Gasteiger partial charge on any atom is 0.195 e. The Hall–Kier alpha value is -1.58. The van der Waals surface area contributed by atoms with Crippen LogP contribution in [-0.2, 0) is 4.74 Å². The zero-order valence-corrected chi connectivity index (χ0v) is 10.3. The highest BCUT2D eigenvalue weighted by Gasteiger charge is 2.45. The molecule has 112 valence electrons. The van der Waals surface area contributed by atoms with Crippen molar-refractivity contribution in [1.29, 1.82) is 0 Å². The van der Waals surface area contributed by atoms with Crippen LogP contribution in [0.2, 0.25) is 0 Å². The van der Waals surface area contributed by atoms with E-state index in [0.717, 1.165) is 18.2 Å². The minimum atomic E-state index is -1.59. The fourth-order valence-corrected chi connectivity index (χ4v) is 1.99. The van der Waals surface area contributed by atoms with Gasteiger partial charge in [-0.2, -0.15) is 0 Å². The first kappa shape index (κ1) is 14.8. The van der Waals surface area contributed by atoms with Gasteiger partial charge >= 0.3 is 0 Å². The topological polar surface area (TPSA) is 140 Å². The molecule has 1 aromatic carbocycles. The van der Waals surface area contributed by atoms with E-state index in [1.807, 2.05) is 0 Å².